The van der Waals surface area contributed by atoms with Crippen LogP contribution >= 0.6 is 0 Å². The third-order valence-corrected chi connectivity index (χ3v) is 5.22. The number of aryl methyl sites for hydroxylation is 3. The maximum Gasteiger partial charge on any atom is 0.309 e. The highest BCUT2D eigenvalue weighted by Crippen LogP contribution is 2.36. The van der Waals surface area contributed by atoms with Crippen molar-refractivity contribution < 1.29 is 14.3 Å². The van der Waals surface area contributed by atoms with E-state index in [1.54, 1.807) is 0 Å². The summed E-state index contributed by atoms with van der Waals surface area (Å²) < 4.78 is 4.94. The number of rotatable bonds is 4. The van der Waals surface area contributed by atoms with E-state index >= 15 is 0 Å². The highest BCUT2D eigenvalue weighted by molar-refractivity contribution is 5.88. The Hall–Kier alpha value is -1.64. The maximum absolute atomic E-state index is 12.9. The van der Waals surface area contributed by atoms with Crippen LogP contribution in [0.3, 0.4) is 0 Å². The number of Topliss-reactive ketones (excluding diaryl/α,β-unsaturated/α-hetero) is 1. The van der Waals surface area contributed by atoms with Crippen molar-refractivity contribution in [2.24, 2.45) is 17.8 Å². The lowest BCUT2D eigenvalue weighted by molar-refractivity contribution is -0.152. The summed E-state index contributed by atoms with van der Waals surface area (Å²) in [7, 11) is 1.41. The third kappa shape index (κ3) is 4.01. The molecule has 1 fully saturated rings. The van der Waals surface area contributed by atoms with Gasteiger partial charge in [0.1, 0.15) is 5.78 Å². The van der Waals surface area contributed by atoms with Crippen molar-refractivity contribution in [3.05, 3.63) is 34.4 Å². The molecule has 3 atom stereocenters. The fourth-order valence-corrected chi connectivity index (χ4v) is 3.97. The molecule has 3 heteroatoms. The number of esters is 1. The monoisotopic (exact) mass is 316 g/mol. The second kappa shape index (κ2) is 7.29. The van der Waals surface area contributed by atoms with E-state index in [1.165, 1.54) is 12.7 Å². The van der Waals surface area contributed by atoms with E-state index in [4.69, 9.17) is 4.74 Å². The lowest BCUT2D eigenvalue weighted by Gasteiger charge is -2.32. The smallest absolute Gasteiger partial charge is 0.309 e. The summed E-state index contributed by atoms with van der Waals surface area (Å²) in [4.78, 5) is 25.0. The summed E-state index contributed by atoms with van der Waals surface area (Å²) in [6, 6.07) is 4.24. The van der Waals surface area contributed by atoms with Crippen LogP contribution in [0.4, 0.5) is 0 Å². The molecule has 3 nitrogen and oxygen atoms in total. The Bertz CT molecular complexity index is 580. The molecule has 0 saturated heterocycles. The normalized spacial score (nSPS) is 24.3. The molecular formula is C20H28O3. The number of hydrogen-bond donors (Lipinski definition) is 0. The van der Waals surface area contributed by atoms with Gasteiger partial charge in [0.15, 0.2) is 0 Å². The zero-order valence-corrected chi connectivity index (χ0v) is 14.9. The zero-order chi connectivity index (χ0) is 17.1. The number of hydrogen-bond acceptors (Lipinski definition) is 3. The van der Waals surface area contributed by atoms with E-state index in [0.29, 0.717) is 12.3 Å². The average molecular weight is 316 g/mol. The molecule has 0 heterocycles. The van der Waals surface area contributed by atoms with Gasteiger partial charge in [0.2, 0.25) is 0 Å². The van der Waals surface area contributed by atoms with Crippen LogP contribution in [0.25, 0.3) is 0 Å². The molecule has 1 aromatic rings. The van der Waals surface area contributed by atoms with Crippen molar-refractivity contribution in [1.82, 2.24) is 0 Å². The maximum atomic E-state index is 12.9. The molecule has 1 aliphatic carbocycles. The Kier molecular flexibility index (Phi) is 5.61. The second-order valence-electron chi connectivity index (χ2n) is 7.17. The summed E-state index contributed by atoms with van der Waals surface area (Å²) >= 11 is 0. The first-order chi connectivity index (χ1) is 10.8. The topological polar surface area (TPSA) is 43.4 Å². The highest BCUT2D eigenvalue weighted by atomic mass is 16.5. The number of ether oxygens (including phenoxy) is 1. The Balaban J connectivity index is 2.20. The number of benzene rings is 1. The number of carbonyl (C=O) groups excluding carboxylic acids is 2. The van der Waals surface area contributed by atoms with E-state index in [0.717, 1.165) is 36.0 Å². The SMILES string of the molecule is COC(=O)C1CC(C)CCC1C(=O)Cc1c(C)cc(C)cc1C. The minimum absolute atomic E-state index is 0.183. The summed E-state index contributed by atoms with van der Waals surface area (Å²) in [5.41, 5.74) is 4.65. The molecular weight excluding hydrogens is 288 g/mol. The number of methoxy groups -OCH3 is 1. The Morgan fingerprint density at radius 2 is 1.70 bits per heavy atom. The van der Waals surface area contributed by atoms with Gasteiger partial charge in [-0.3, -0.25) is 9.59 Å². The summed E-state index contributed by atoms with van der Waals surface area (Å²) in [5.74, 6) is -0.0401. The molecule has 0 aliphatic heterocycles. The third-order valence-electron chi connectivity index (χ3n) is 5.22. The van der Waals surface area contributed by atoms with Gasteiger partial charge in [-0.1, -0.05) is 24.6 Å². The van der Waals surface area contributed by atoms with Crippen molar-refractivity contribution in [2.45, 2.75) is 53.4 Å². The van der Waals surface area contributed by atoms with Gasteiger partial charge in [-0.15, -0.1) is 0 Å². The molecule has 126 valence electrons. The largest absolute Gasteiger partial charge is 0.469 e. The molecule has 3 unspecified atom stereocenters. The quantitative estimate of drug-likeness (QED) is 0.790. The van der Waals surface area contributed by atoms with Crippen molar-refractivity contribution in [3.8, 4) is 0 Å². The van der Waals surface area contributed by atoms with Crippen LogP contribution in [0.2, 0.25) is 0 Å². The van der Waals surface area contributed by atoms with Crippen molar-refractivity contribution >= 4 is 11.8 Å². The van der Waals surface area contributed by atoms with Crippen LogP contribution in [-0.2, 0) is 20.7 Å². The second-order valence-corrected chi connectivity index (χ2v) is 7.17. The first kappa shape index (κ1) is 17.7. The van der Waals surface area contributed by atoms with Gasteiger partial charge in [0, 0.05) is 12.3 Å². The molecule has 0 N–H and O–H groups in total. The van der Waals surface area contributed by atoms with Crippen LogP contribution in [0.15, 0.2) is 12.1 Å². The van der Waals surface area contributed by atoms with E-state index in [1.807, 2.05) is 0 Å². The van der Waals surface area contributed by atoms with E-state index in [-0.39, 0.29) is 23.6 Å². The van der Waals surface area contributed by atoms with Crippen molar-refractivity contribution in [2.75, 3.05) is 7.11 Å². The molecule has 0 amide bonds. The molecule has 0 bridgehead atoms. The van der Waals surface area contributed by atoms with E-state index < -0.39 is 0 Å². The van der Waals surface area contributed by atoms with Crippen molar-refractivity contribution in [3.63, 3.8) is 0 Å². The van der Waals surface area contributed by atoms with Crippen LogP contribution in [0.5, 0.6) is 0 Å². The van der Waals surface area contributed by atoms with Gasteiger partial charge in [-0.25, -0.2) is 0 Å². The molecule has 1 saturated carbocycles. The number of ketones is 1. The Morgan fingerprint density at radius 1 is 1.09 bits per heavy atom. The predicted molar refractivity (Wildman–Crippen MR) is 91.4 cm³/mol. The van der Waals surface area contributed by atoms with Gasteiger partial charge < -0.3 is 4.74 Å². The van der Waals surface area contributed by atoms with Gasteiger partial charge in [0.25, 0.3) is 0 Å². The van der Waals surface area contributed by atoms with Crippen LogP contribution < -0.4 is 0 Å². The number of carbonyl (C=O) groups is 2. The van der Waals surface area contributed by atoms with E-state index in [2.05, 4.69) is 39.8 Å². The molecule has 0 radical (unpaired) electrons. The fraction of sp³-hybridized carbons (Fsp3) is 0.600. The summed E-state index contributed by atoms with van der Waals surface area (Å²) in [6.07, 6.45) is 2.99. The van der Waals surface area contributed by atoms with Crippen LogP contribution in [0.1, 0.15) is 48.4 Å². The first-order valence-electron chi connectivity index (χ1n) is 8.50. The van der Waals surface area contributed by atoms with Crippen LogP contribution in [-0.4, -0.2) is 18.9 Å². The Labute approximate surface area is 139 Å². The lowest BCUT2D eigenvalue weighted by atomic mass is 9.71. The molecule has 0 spiro atoms. The lowest BCUT2D eigenvalue weighted by Crippen LogP contribution is -2.36. The minimum Gasteiger partial charge on any atom is -0.469 e. The molecule has 0 aromatic heterocycles. The van der Waals surface area contributed by atoms with E-state index in [9.17, 15) is 9.59 Å². The molecule has 23 heavy (non-hydrogen) atoms. The minimum atomic E-state index is -0.276. The fourth-order valence-electron chi connectivity index (χ4n) is 3.97. The van der Waals surface area contributed by atoms with Crippen molar-refractivity contribution in [1.29, 1.82) is 0 Å². The predicted octanol–water partition coefficient (Wildman–Crippen LogP) is 3.95. The molecule has 1 aromatic carbocycles. The zero-order valence-electron chi connectivity index (χ0n) is 14.9. The average Bonchev–Trinajstić information content (AvgIpc) is 2.49. The first-order valence-corrected chi connectivity index (χ1v) is 8.50. The van der Waals surface area contributed by atoms with Gasteiger partial charge >= 0.3 is 5.97 Å². The van der Waals surface area contributed by atoms with Crippen LogP contribution in [0, 0.1) is 38.5 Å². The summed E-state index contributed by atoms with van der Waals surface area (Å²) in [5, 5.41) is 0. The van der Waals surface area contributed by atoms with Gasteiger partial charge in [0.05, 0.1) is 13.0 Å². The molecule has 2 rings (SSSR count). The Morgan fingerprint density at radius 3 is 2.26 bits per heavy atom. The molecule has 1 aliphatic rings. The van der Waals surface area contributed by atoms with Gasteiger partial charge in [-0.2, -0.15) is 0 Å². The van der Waals surface area contributed by atoms with Gasteiger partial charge in [-0.05, 0) is 62.6 Å². The summed E-state index contributed by atoms with van der Waals surface area (Å²) in [6.45, 7) is 8.33. The highest BCUT2D eigenvalue weighted by Gasteiger charge is 2.38. The standard InChI is InChI=1S/C20H28O3/c1-12-6-7-16(18(10-12)20(22)23-5)19(21)11-17-14(3)8-13(2)9-15(17)4/h8-9,12,16,18H,6-7,10-11H2,1-5H3.